The minimum absolute atomic E-state index is 0. The fourth-order valence-electron chi connectivity index (χ4n) is 2.82. The number of halogens is 1. The van der Waals surface area contributed by atoms with E-state index in [-0.39, 0.29) is 24.0 Å². The lowest BCUT2D eigenvalue weighted by atomic mass is 10.1. The van der Waals surface area contributed by atoms with Crippen molar-refractivity contribution in [3.63, 3.8) is 0 Å². The van der Waals surface area contributed by atoms with Gasteiger partial charge in [-0.05, 0) is 45.6 Å². The first-order valence-electron chi connectivity index (χ1n) is 9.28. The number of aliphatic imine (C=N–C) groups is 1. The highest BCUT2D eigenvalue weighted by Crippen LogP contribution is 2.15. The van der Waals surface area contributed by atoms with Crippen LogP contribution >= 0.6 is 24.0 Å². The van der Waals surface area contributed by atoms with Crippen molar-refractivity contribution < 1.29 is 9.63 Å². The second-order valence-corrected chi connectivity index (χ2v) is 6.31. The molecular formula is C20H31IN4O2. The van der Waals surface area contributed by atoms with E-state index in [9.17, 15) is 5.11 Å². The molecule has 0 aliphatic rings. The van der Waals surface area contributed by atoms with Gasteiger partial charge < -0.3 is 20.3 Å². The van der Waals surface area contributed by atoms with E-state index >= 15 is 0 Å². The van der Waals surface area contributed by atoms with Crippen molar-refractivity contribution in [2.45, 2.75) is 46.1 Å². The third-order valence-corrected chi connectivity index (χ3v) is 4.27. The van der Waals surface area contributed by atoms with Crippen LogP contribution in [0.2, 0.25) is 0 Å². The van der Waals surface area contributed by atoms with Crippen LogP contribution in [-0.2, 0) is 6.42 Å². The molecule has 0 saturated heterocycles. The average Bonchev–Trinajstić information content (AvgIpc) is 2.97. The molecule has 0 bridgehead atoms. The topological polar surface area (TPSA) is 82.7 Å². The van der Waals surface area contributed by atoms with Gasteiger partial charge in [-0.3, -0.25) is 4.99 Å². The van der Waals surface area contributed by atoms with E-state index in [0.29, 0.717) is 13.0 Å². The van der Waals surface area contributed by atoms with Crippen LogP contribution in [0.5, 0.6) is 0 Å². The predicted octanol–water partition coefficient (Wildman–Crippen LogP) is 3.52. The van der Waals surface area contributed by atoms with E-state index in [1.54, 1.807) is 0 Å². The molecule has 7 heteroatoms. The molecule has 1 heterocycles. The summed E-state index contributed by atoms with van der Waals surface area (Å²) in [5, 5.41) is 20.7. The maximum absolute atomic E-state index is 10.2. The molecule has 0 fully saturated rings. The number of hydrogen-bond acceptors (Lipinski definition) is 4. The Kier molecular flexibility index (Phi) is 11.0. The Morgan fingerprint density at radius 1 is 1.22 bits per heavy atom. The zero-order valence-corrected chi connectivity index (χ0v) is 18.7. The smallest absolute Gasteiger partial charge is 0.191 e. The fourth-order valence-corrected chi connectivity index (χ4v) is 2.82. The van der Waals surface area contributed by atoms with Gasteiger partial charge >= 0.3 is 0 Å². The number of benzene rings is 1. The van der Waals surface area contributed by atoms with Crippen LogP contribution in [0.25, 0.3) is 0 Å². The number of guanidine groups is 1. The van der Waals surface area contributed by atoms with Crippen LogP contribution in [0, 0.1) is 13.8 Å². The Balaban J connectivity index is 0.00000364. The van der Waals surface area contributed by atoms with Crippen LogP contribution in [0.1, 0.15) is 48.5 Å². The number of rotatable bonds is 9. The lowest BCUT2D eigenvalue weighted by Crippen LogP contribution is -2.38. The summed E-state index contributed by atoms with van der Waals surface area (Å²) in [4.78, 5) is 4.60. The maximum Gasteiger partial charge on any atom is 0.191 e. The third-order valence-electron chi connectivity index (χ3n) is 4.27. The minimum Gasteiger partial charge on any atom is -0.388 e. The first kappa shape index (κ1) is 23.4. The quantitative estimate of drug-likeness (QED) is 0.219. The second kappa shape index (κ2) is 12.7. The summed E-state index contributed by atoms with van der Waals surface area (Å²) in [7, 11) is 0. The molecule has 2 rings (SSSR count). The van der Waals surface area contributed by atoms with Gasteiger partial charge in [-0.25, -0.2) is 0 Å². The molecule has 3 N–H and O–H groups in total. The minimum atomic E-state index is -0.467. The lowest BCUT2D eigenvalue weighted by Gasteiger charge is -2.14. The summed E-state index contributed by atoms with van der Waals surface area (Å²) in [6.07, 6.45) is 2.02. The number of hydrogen-bond donors (Lipinski definition) is 3. The Morgan fingerprint density at radius 2 is 1.96 bits per heavy atom. The molecule has 0 saturated carbocycles. The molecule has 0 radical (unpaired) electrons. The van der Waals surface area contributed by atoms with Crippen LogP contribution in [0.3, 0.4) is 0 Å². The molecular weight excluding hydrogens is 455 g/mol. The molecule has 1 aromatic heterocycles. The SMILES string of the molecule is CCNC(=NCCCc1c(C)noc1C)NCCC(O)c1ccccc1.I. The third kappa shape index (κ3) is 7.88. The van der Waals surface area contributed by atoms with E-state index in [1.807, 2.05) is 51.1 Å². The number of nitrogens with zero attached hydrogens (tertiary/aromatic N) is 2. The molecule has 27 heavy (non-hydrogen) atoms. The Labute approximate surface area is 178 Å². The molecule has 1 atom stereocenters. The van der Waals surface area contributed by atoms with Crippen molar-refractivity contribution in [1.82, 2.24) is 15.8 Å². The van der Waals surface area contributed by atoms with Crippen molar-refractivity contribution >= 4 is 29.9 Å². The highest BCUT2D eigenvalue weighted by atomic mass is 127. The summed E-state index contributed by atoms with van der Waals surface area (Å²) in [5.41, 5.74) is 3.09. The monoisotopic (exact) mass is 486 g/mol. The first-order chi connectivity index (χ1) is 12.6. The fraction of sp³-hybridized carbons (Fsp3) is 0.500. The molecule has 0 aliphatic heterocycles. The van der Waals surface area contributed by atoms with Crippen molar-refractivity contribution in [2.24, 2.45) is 4.99 Å². The molecule has 6 nitrogen and oxygen atoms in total. The largest absolute Gasteiger partial charge is 0.388 e. The van der Waals surface area contributed by atoms with Crippen molar-refractivity contribution in [1.29, 1.82) is 0 Å². The summed E-state index contributed by atoms with van der Waals surface area (Å²) in [5.74, 6) is 1.68. The zero-order valence-electron chi connectivity index (χ0n) is 16.4. The molecule has 0 aliphatic carbocycles. The Morgan fingerprint density at radius 3 is 2.59 bits per heavy atom. The van der Waals surface area contributed by atoms with Gasteiger partial charge in [0.1, 0.15) is 5.76 Å². The van der Waals surface area contributed by atoms with Gasteiger partial charge in [0.15, 0.2) is 5.96 Å². The van der Waals surface area contributed by atoms with Gasteiger partial charge in [0, 0.05) is 25.2 Å². The van der Waals surface area contributed by atoms with Gasteiger partial charge in [-0.2, -0.15) is 0 Å². The van der Waals surface area contributed by atoms with Crippen LogP contribution in [-0.4, -0.2) is 35.9 Å². The number of aryl methyl sites for hydroxylation is 2. The first-order valence-corrected chi connectivity index (χ1v) is 9.28. The summed E-state index contributed by atoms with van der Waals surface area (Å²) in [6, 6.07) is 9.72. The van der Waals surface area contributed by atoms with E-state index in [0.717, 1.165) is 48.9 Å². The van der Waals surface area contributed by atoms with Gasteiger partial charge in [0.2, 0.25) is 0 Å². The standard InChI is InChI=1S/C20H30N4O2.HI/c1-4-21-20(22-13-8-11-18-15(2)24-26-16(18)3)23-14-12-19(25)17-9-6-5-7-10-17;/h5-7,9-10,19,25H,4,8,11-14H2,1-3H3,(H2,21,22,23);1H. The van der Waals surface area contributed by atoms with Crippen molar-refractivity contribution in [3.05, 3.63) is 52.9 Å². The van der Waals surface area contributed by atoms with Gasteiger partial charge in [-0.15, -0.1) is 24.0 Å². The number of aromatic nitrogens is 1. The van der Waals surface area contributed by atoms with Crippen molar-refractivity contribution in [2.75, 3.05) is 19.6 Å². The lowest BCUT2D eigenvalue weighted by molar-refractivity contribution is 0.168. The summed E-state index contributed by atoms with van der Waals surface area (Å²) < 4.78 is 5.19. The number of nitrogens with one attached hydrogen (secondary N) is 2. The number of aliphatic hydroxyl groups excluding tert-OH is 1. The van der Waals surface area contributed by atoms with Crippen LogP contribution < -0.4 is 10.6 Å². The Bertz CT molecular complexity index is 669. The zero-order chi connectivity index (χ0) is 18.8. The van der Waals surface area contributed by atoms with Gasteiger partial charge in [-0.1, -0.05) is 35.5 Å². The number of aliphatic hydroxyl groups is 1. The van der Waals surface area contributed by atoms with Gasteiger partial charge in [0.25, 0.3) is 0 Å². The highest BCUT2D eigenvalue weighted by molar-refractivity contribution is 14.0. The molecule has 2 aromatic rings. The van der Waals surface area contributed by atoms with Crippen LogP contribution in [0.15, 0.2) is 39.8 Å². The maximum atomic E-state index is 10.2. The summed E-state index contributed by atoms with van der Waals surface area (Å²) >= 11 is 0. The Hall–Kier alpha value is -1.61. The molecule has 1 unspecified atom stereocenters. The average molecular weight is 486 g/mol. The molecule has 0 spiro atoms. The normalized spacial score (nSPS) is 12.4. The van der Waals surface area contributed by atoms with Crippen LogP contribution in [0.4, 0.5) is 0 Å². The highest BCUT2D eigenvalue weighted by Gasteiger charge is 2.09. The second-order valence-electron chi connectivity index (χ2n) is 6.31. The van der Waals surface area contributed by atoms with E-state index in [4.69, 9.17) is 4.52 Å². The van der Waals surface area contributed by atoms with E-state index < -0.39 is 6.10 Å². The van der Waals surface area contributed by atoms with Crippen molar-refractivity contribution in [3.8, 4) is 0 Å². The molecule has 0 amide bonds. The summed E-state index contributed by atoms with van der Waals surface area (Å²) in [6.45, 7) is 8.14. The predicted molar refractivity (Wildman–Crippen MR) is 120 cm³/mol. The molecule has 150 valence electrons. The molecule has 1 aromatic carbocycles. The van der Waals surface area contributed by atoms with Gasteiger partial charge in [0.05, 0.1) is 11.8 Å². The van der Waals surface area contributed by atoms with E-state index in [1.165, 1.54) is 5.56 Å². The van der Waals surface area contributed by atoms with E-state index in [2.05, 4.69) is 20.8 Å².